The van der Waals surface area contributed by atoms with Crippen LogP contribution in [0.15, 0.2) is 48.5 Å². The molecule has 3 rings (SSSR count). The SMILES string of the molecule is CCCCCc1ccccc1-c1ccccc1C1CCCCC1. The van der Waals surface area contributed by atoms with Gasteiger partial charge in [0, 0.05) is 0 Å². The van der Waals surface area contributed by atoms with Gasteiger partial charge in [0.1, 0.15) is 0 Å². The summed E-state index contributed by atoms with van der Waals surface area (Å²) in [5, 5.41) is 0. The van der Waals surface area contributed by atoms with Gasteiger partial charge in [-0.25, -0.2) is 0 Å². The topological polar surface area (TPSA) is 0 Å². The van der Waals surface area contributed by atoms with Gasteiger partial charge in [0.15, 0.2) is 0 Å². The van der Waals surface area contributed by atoms with E-state index >= 15 is 0 Å². The Morgan fingerprint density at radius 1 is 0.783 bits per heavy atom. The third kappa shape index (κ3) is 4.05. The molecule has 0 aliphatic heterocycles. The van der Waals surface area contributed by atoms with Crippen LogP contribution in [0, 0.1) is 0 Å². The van der Waals surface area contributed by atoms with E-state index in [2.05, 4.69) is 55.5 Å². The fourth-order valence-corrected chi connectivity index (χ4v) is 4.08. The predicted molar refractivity (Wildman–Crippen MR) is 101 cm³/mol. The van der Waals surface area contributed by atoms with Crippen molar-refractivity contribution in [2.75, 3.05) is 0 Å². The van der Waals surface area contributed by atoms with Crippen LogP contribution in [0.2, 0.25) is 0 Å². The number of hydrogen-bond donors (Lipinski definition) is 0. The third-order valence-electron chi connectivity index (χ3n) is 5.36. The van der Waals surface area contributed by atoms with Gasteiger partial charge in [0.25, 0.3) is 0 Å². The average molecular weight is 306 g/mol. The van der Waals surface area contributed by atoms with Crippen LogP contribution in [-0.2, 0) is 6.42 Å². The van der Waals surface area contributed by atoms with Crippen LogP contribution < -0.4 is 0 Å². The number of rotatable bonds is 6. The minimum atomic E-state index is 0.767. The van der Waals surface area contributed by atoms with Gasteiger partial charge in [-0.1, -0.05) is 87.6 Å². The standard InChI is InChI=1S/C23H30/c1-2-3-5-12-19-15-8-9-16-21(19)23-18-11-10-17-22(23)20-13-6-4-7-14-20/h8-11,15-18,20H,2-7,12-14H2,1H3. The largest absolute Gasteiger partial charge is 0.0654 e. The molecule has 0 heterocycles. The molecule has 2 aromatic carbocycles. The molecule has 1 fully saturated rings. The Balaban J connectivity index is 1.92. The van der Waals surface area contributed by atoms with Crippen LogP contribution in [0.25, 0.3) is 11.1 Å². The maximum Gasteiger partial charge on any atom is -0.0146 e. The Morgan fingerprint density at radius 2 is 1.48 bits per heavy atom. The maximum atomic E-state index is 2.38. The molecule has 0 amide bonds. The molecule has 0 radical (unpaired) electrons. The zero-order valence-corrected chi connectivity index (χ0v) is 14.6. The molecule has 0 N–H and O–H groups in total. The van der Waals surface area contributed by atoms with Crippen LogP contribution >= 0.6 is 0 Å². The first-order chi connectivity index (χ1) is 11.4. The van der Waals surface area contributed by atoms with Crippen molar-refractivity contribution >= 4 is 0 Å². The molecule has 0 nitrogen and oxygen atoms in total. The molecular weight excluding hydrogens is 276 g/mol. The molecule has 0 bridgehead atoms. The summed E-state index contributed by atoms with van der Waals surface area (Å²) in [7, 11) is 0. The lowest BCUT2D eigenvalue weighted by molar-refractivity contribution is 0.444. The lowest BCUT2D eigenvalue weighted by Gasteiger charge is -2.25. The Kier molecular flexibility index (Phi) is 5.91. The van der Waals surface area contributed by atoms with Crippen molar-refractivity contribution in [3.63, 3.8) is 0 Å². The van der Waals surface area contributed by atoms with Gasteiger partial charge in [0.2, 0.25) is 0 Å². The van der Waals surface area contributed by atoms with Crippen molar-refractivity contribution in [3.05, 3.63) is 59.7 Å². The van der Waals surface area contributed by atoms with Crippen molar-refractivity contribution in [2.45, 2.75) is 70.6 Å². The number of unbranched alkanes of at least 4 members (excludes halogenated alkanes) is 2. The molecule has 1 aliphatic rings. The van der Waals surface area contributed by atoms with Crippen molar-refractivity contribution in [1.82, 2.24) is 0 Å². The second-order valence-corrected chi connectivity index (χ2v) is 7.04. The molecule has 1 aliphatic carbocycles. The molecule has 23 heavy (non-hydrogen) atoms. The van der Waals surface area contributed by atoms with E-state index in [1.165, 1.54) is 74.5 Å². The maximum absolute atomic E-state index is 2.38. The van der Waals surface area contributed by atoms with Gasteiger partial charge in [-0.3, -0.25) is 0 Å². The van der Waals surface area contributed by atoms with E-state index in [1.807, 2.05) is 0 Å². The minimum absolute atomic E-state index is 0.767. The van der Waals surface area contributed by atoms with Gasteiger partial charge in [-0.05, 0) is 53.9 Å². The highest BCUT2D eigenvalue weighted by atomic mass is 14.2. The van der Waals surface area contributed by atoms with E-state index in [0.717, 1.165) is 5.92 Å². The second-order valence-electron chi connectivity index (χ2n) is 7.04. The first kappa shape index (κ1) is 16.3. The lowest BCUT2D eigenvalue weighted by Crippen LogP contribution is -2.06. The third-order valence-corrected chi connectivity index (χ3v) is 5.36. The predicted octanol–water partition coefficient (Wildman–Crippen LogP) is 7.13. The van der Waals surface area contributed by atoms with E-state index in [0.29, 0.717) is 0 Å². The monoisotopic (exact) mass is 306 g/mol. The normalized spacial score (nSPS) is 15.7. The summed E-state index contributed by atoms with van der Waals surface area (Å²) in [5.41, 5.74) is 6.09. The van der Waals surface area contributed by atoms with Crippen LogP contribution in [0.4, 0.5) is 0 Å². The van der Waals surface area contributed by atoms with Gasteiger partial charge >= 0.3 is 0 Å². The highest BCUT2D eigenvalue weighted by Crippen LogP contribution is 2.39. The first-order valence-corrected chi connectivity index (χ1v) is 9.57. The van der Waals surface area contributed by atoms with E-state index in [4.69, 9.17) is 0 Å². The van der Waals surface area contributed by atoms with Crippen LogP contribution in [-0.4, -0.2) is 0 Å². The summed E-state index contributed by atoms with van der Waals surface area (Å²) in [6.07, 6.45) is 12.1. The van der Waals surface area contributed by atoms with Gasteiger partial charge in [-0.2, -0.15) is 0 Å². The Labute approximate surface area is 141 Å². The second kappa shape index (κ2) is 8.34. The molecule has 0 unspecified atom stereocenters. The summed E-state index contributed by atoms with van der Waals surface area (Å²) in [6.45, 7) is 2.28. The minimum Gasteiger partial charge on any atom is -0.0654 e. The Bertz CT molecular complexity index is 605. The van der Waals surface area contributed by atoms with E-state index in [1.54, 1.807) is 5.56 Å². The molecule has 0 saturated heterocycles. The Morgan fingerprint density at radius 3 is 2.26 bits per heavy atom. The summed E-state index contributed by atoms with van der Waals surface area (Å²) in [5.74, 6) is 0.767. The first-order valence-electron chi connectivity index (χ1n) is 9.57. The van der Waals surface area contributed by atoms with Crippen molar-refractivity contribution < 1.29 is 0 Å². The number of hydrogen-bond acceptors (Lipinski definition) is 0. The summed E-state index contributed by atoms with van der Waals surface area (Å²) < 4.78 is 0. The zero-order chi connectivity index (χ0) is 15.9. The van der Waals surface area contributed by atoms with Crippen molar-refractivity contribution in [1.29, 1.82) is 0 Å². The zero-order valence-electron chi connectivity index (χ0n) is 14.6. The lowest BCUT2D eigenvalue weighted by atomic mass is 9.80. The molecule has 0 atom stereocenters. The van der Waals surface area contributed by atoms with Crippen LogP contribution in [0.3, 0.4) is 0 Å². The molecule has 0 spiro atoms. The smallest absolute Gasteiger partial charge is 0.0146 e. The highest BCUT2D eigenvalue weighted by Gasteiger charge is 2.19. The number of benzene rings is 2. The average Bonchev–Trinajstić information content (AvgIpc) is 2.63. The molecule has 1 saturated carbocycles. The molecular formula is C23H30. The van der Waals surface area contributed by atoms with E-state index in [9.17, 15) is 0 Å². The highest BCUT2D eigenvalue weighted by molar-refractivity contribution is 5.71. The molecule has 0 aromatic heterocycles. The van der Waals surface area contributed by atoms with E-state index in [-0.39, 0.29) is 0 Å². The van der Waals surface area contributed by atoms with Gasteiger partial charge in [-0.15, -0.1) is 0 Å². The van der Waals surface area contributed by atoms with Gasteiger partial charge < -0.3 is 0 Å². The molecule has 2 aromatic rings. The van der Waals surface area contributed by atoms with E-state index < -0.39 is 0 Å². The quantitative estimate of drug-likeness (QED) is 0.498. The fraction of sp³-hybridized carbons (Fsp3) is 0.478. The van der Waals surface area contributed by atoms with Crippen LogP contribution in [0.5, 0.6) is 0 Å². The molecule has 122 valence electrons. The van der Waals surface area contributed by atoms with Gasteiger partial charge in [0.05, 0.1) is 0 Å². The van der Waals surface area contributed by atoms with Crippen molar-refractivity contribution in [3.8, 4) is 11.1 Å². The summed E-state index contributed by atoms with van der Waals surface area (Å²) in [6, 6.07) is 18.3. The van der Waals surface area contributed by atoms with Crippen LogP contribution in [0.1, 0.15) is 75.3 Å². The molecule has 0 heteroatoms. The summed E-state index contributed by atoms with van der Waals surface area (Å²) >= 11 is 0. The summed E-state index contributed by atoms with van der Waals surface area (Å²) in [4.78, 5) is 0. The number of aryl methyl sites for hydroxylation is 1. The van der Waals surface area contributed by atoms with Crippen molar-refractivity contribution in [2.24, 2.45) is 0 Å². The fourth-order valence-electron chi connectivity index (χ4n) is 4.08. The Hall–Kier alpha value is -1.56.